The van der Waals surface area contributed by atoms with Crippen molar-refractivity contribution in [2.75, 3.05) is 5.32 Å². The summed E-state index contributed by atoms with van der Waals surface area (Å²) in [7, 11) is 0. The van der Waals surface area contributed by atoms with Crippen molar-refractivity contribution in [3.63, 3.8) is 0 Å². The zero-order valence-electron chi connectivity index (χ0n) is 16.0. The van der Waals surface area contributed by atoms with Crippen molar-refractivity contribution < 1.29 is 9.21 Å². The van der Waals surface area contributed by atoms with Crippen molar-refractivity contribution in [1.29, 1.82) is 0 Å². The van der Waals surface area contributed by atoms with Gasteiger partial charge in [-0.3, -0.25) is 9.59 Å². The molecule has 0 saturated heterocycles. The van der Waals surface area contributed by atoms with Gasteiger partial charge in [0.1, 0.15) is 11.2 Å². The summed E-state index contributed by atoms with van der Waals surface area (Å²) in [4.78, 5) is 25.0. The van der Waals surface area contributed by atoms with Crippen LogP contribution in [0.5, 0.6) is 0 Å². The van der Waals surface area contributed by atoms with E-state index in [-0.39, 0.29) is 11.3 Å². The van der Waals surface area contributed by atoms with Crippen LogP contribution in [-0.4, -0.2) is 5.91 Å². The van der Waals surface area contributed by atoms with Crippen LogP contribution in [-0.2, 0) is 4.79 Å². The minimum Gasteiger partial charge on any atom is -0.456 e. The van der Waals surface area contributed by atoms with Crippen LogP contribution >= 0.6 is 11.6 Å². The lowest BCUT2D eigenvalue weighted by molar-refractivity contribution is -0.111. The van der Waals surface area contributed by atoms with E-state index in [1.54, 1.807) is 36.4 Å². The highest BCUT2D eigenvalue weighted by Gasteiger charge is 2.10. The van der Waals surface area contributed by atoms with Gasteiger partial charge in [0.25, 0.3) is 0 Å². The van der Waals surface area contributed by atoms with Crippen LogP contribution in [0.3, 0.4) is 0 Å². The molecule has 1 aromatic heterocycles. The molecule has 1 N–H and O–H groups in total. The van der Waals surface area contributed by atoms with Gasteiger partial charge in [0, 0.05) is 22.9 Å². The molecule has 0 bridgehead atoms. The number of halogens is 1. The quantitative estimate of drug-likeness (QED) is 0.344. The van der Waals surface area contributed by atoms with Crippen LogP contribution in [0.15, 0.2) is 69.9 Å². The molecule has 0 atom stereocenters. The fourth-order valence-electron chi connectivity index (χ4n) is 3.12. The lowest BCUT2D eigenvalue weighted by Gasteiger charge is -2.07. The third-order valence-electron chi connectivity index (χ3n) is 4.85. The number of fused-ring (bicyclic) bond motifs is 2. The van der Waals surface area contributed by atoms with E-state index in [0.29, 0.717) is 32.6 Å². The van der Waals surface area contributed by atoms with E-state index < -0.39 is 0 Å². The molecule has 144 valence electrons. The van der Waals surface area contributed by atoms with Crippen LogP contribution < -0.4 is 10.7 Å². The summed E-state index contributed by atoms with van der Waals surface area (Å²) >= 11 is 5.86. The highest BCUT2D eigenvalue weighted by molar-refractivity contribution is 6.30. The van der Waals surface area contributed by atoms with E-state index in [4.69, 9.17) is 16.0 Å². The standard InChI is InChI=1S/C24H18ClNO3/c1-14-11-20-21(12-15(14)2)29-22-13-18(8-9-19(22)24(20)28)26-23(27)10-5-16-3-6-17(25)7-4-16/h3-13H,1-2H3,(H,26,27)/b10-5+. The van der Waals surface area contributed by atoms with Crippen molar-refractivity contribution in [1.82, 2.24) is 0 Å². The Bertz CT molecular complexity index is 1330. The third kappa shape index (κ3) is 3.93. The van der Waals surface area contributed by atoms with Gasteiger partial charge in [-0.2, -0.15) is 0 Å². The molecular formula is C24H18ClNO3. The van der Waals surface area contributed by atoms with Crippen molar-refractivity contribution >= 4 is 51.2 Å². The summed E-state index contributed by atoms with van der Waals surface area (Å²) in [5, 5.41) is 4.47. The van der Waals surface area contributed by atoms with E-state index in [1.807, 2.05) is 38.1 Å². The fraction of sp³-hybridized carbons (Fsp3) is 0.0833. The molecule has 3 aromatic carbocycles. The topological polar surface area (TPSA) is 59.3 Å². The average molecular weight is 404 g/mol. The molecule has 0 spiro atoms. The van der Waals surface area contributed by atoms with E-state index in [1.165, 1.54) is 6.08 Å². The van der Waals surface area contributed by atoms with E-state index >= 15 is 0 Å². The molecule has 4 nitrogen and oxygen atoms in total. The minimum atomic E-state index is -0.283. The van der Waals surface area contributed by atoms with E-state index in [0.717, 1.165) is 16.7 Å². The largest absolute Gasteiger partial charge is 0.456 e. The number of amides is 1. The first-order valence-electron chi connectivity index (χ1n) is 9.13. The molecule has 1 amide bonds. The SMILES string of the molecule is Cc1cc2oc3cc(NC(=O)/C=C/c4ccc(Cl)cc4)ccc3c(=O)c2cc1C. The maximum absolute atomic E-state index is 12.8. The zero-order valence-corrected chi connectivity index (χ0v) is 16.7. The van der Waals surface area contributed by atoms with Crippen LogP contribution in [0.25, 0.3) is 28.0 Å². The molecule has 4 rings (SSSR count). The van der Waals surface area contributed by atoms with Gasteiger partial charge in [-0.1, -0.05) is 23.7 Å². The van der Waals surface area contributed by atoms with Crippen molar-refractivity contribution in [2.24, 2.45) is 0 Å². The van der Waals surface area contributed by atoms with Gasteiger partial charge in [0.15, 0.2) is 0 Å². The average Bonchev–Trinajstić information content (AvgIpc) is 2.69. The number of benzene rings is 3. The monoisotopic (exact) mass is 403 g/mol. The first kappa shape index (κ1) is 19.0. The van der Waals surface area contributed by atoms with Crippen molar-refractivity contribution in [3.05, 3.63) is 92.6 Å². The molecule has 0 saturated carbocycles. The lowest BCUT2D eigenvalue weighted by Crippen LogP contribution is -2.08. The summed E-state index contributed by atoms with van der Waals surface area (Å²) in [6.07, 6.45) is 3.14. The Morgan fingerprint density at radius 1 is 0.931 bits per heavy atom. The Morgan fingerprint density at radius 2 is 1.62 bits per heavy atom. The normalized spacial score (nSPS) is 11.4. The maximum Gasteiger partial charge on any atom is 0.248 e. The number of nitrogens with one attached hydrogen (secondary N) is 1. The number of aryl methyl sites for hydroxylation is 2. The Hall–Kier alpha value is -3.37. The highest BCUT2D eigenvalue weighted by Crippen LogP contribution is 2.24. The molecule has 5 heteroatoms. The summed E-state index contributed by atoms with van der Waals surface area (Å²) < 4.78 is 5.94. The predicted octanol–water partition coefficient (Wildman–Crippen LogP) is 5.87. The van der Waals surface area contributed by atoms with Gasteiger partial charge in [0.05, 0.1) is 10.8 Å². The van der Waals surface area contributed by atoms with Crippen molar-refractivity contribution in [2.45, 2.75) is 13.8 Å². The number of anilines is 1. The minimum absolute atomic E-state index is 0.0788. The molecule has 0 fully saturated rings. The molecule has 0 aliphatic carbocycles. The van der Waals surface area contributed by atoms with Crippen LogP contribution in [0, 0.1) is 13.8 Å². The van der Waals surface area contributed by atoms with E-state index in [9.17, 15) is 9.59 Å². The summed E-state index contributed by atoms with van der Waals surface area (Å²) in [5.74, 6) is -0.283. The van der Waals surface area contributed by atoms with Crippen LogP contribution in [0.2, 0.25) is 5.02 Å². The maximum atomic E-state index is 12.8. The van der Waals surface area contributed by atoms with E-state index in [2.05, 4.69) is 5.32 Å². The fourth-order valence-corrected chi connectivity index (χ4v) is 3.24. The summed E-state index contributed by atoms with van der Waals surface area (Å²) in [5.41, 5.74) is 4.41. The molecule has 0 radical (unpaired) electrons. The molecule has 4 aromatic rings. The first-order chi connectivity index (χ1) is 13.9. The molecule has 0 unspecified atom stereocenters. The predicted molar refractivity (Wildman–Crippen MR) is 119 cm³/mol. The van der Waals surface area contributed by atoms with Gasteiger partial charge in [0.2, 0.25) is 11.3 Å². The molecular weight excluding hydrogens is 386 g/mol. The first-order valence-corrected chi connectivity index (χ1v) is 9.51. The van der Waals surface area contributed by atoms with Crippen LogP contribution in [0.1, 0.15) is 16.7 Å². The second-order valence-electron chi connectivity index (χ2n) is 6.95. The number of carbonyl (C=O) groups is 1. The van der Waals surface area contributed by atoms with Gasteiger partial charge in [-0.05, 0) is 73.0 Å². The summed E-state index contributed by atoms with van der Waals surface area (Å²) in [6.45, 7) is 3.94. The lowest BCUT2D eigenvalue weighted by atomic mass is 10.1. The van der Waals surface area contributed by atoms with Gasteiger partial charge < -0.3 is 9.73 Å². The molecule has 0 aliphatic heterocycles. The van der Waals surface area contributed by atoms with Crippen LogP contribution in [0.4, 0.5) is 5.69 Å². The Morgan fingerprint density at radius 3 is 2.38 bits per heavy atom. The third-order valence-corrected chi connectivity index (χ3v) is 5.10. The second-order valence-corrected chi connectivity index (χ2v) is 7.39. The van der Waals surface area contributed by atoms with Gasteiger partial charge in [-0.25, -0.2) is 0 Å². The Balaban J connectivity index is 1.63. The highest BCUT2D eigenvalue weighted by atomic mass is 35.5. The number of hydrogen-bond donors (Lipinski definition) is 1. The molecule has 0 aliphatic rings. The Kier molecular flexibility index (Phi) is 4.95. The molecule has 29 heavy (non-hydrogen) atoms. The summed E-state index contributed by atoms with van der Waals surface area (Å²) in [6, 6.07) is 15.9. The Labute approximate surface area is 172 Å². The van der Waals surface area contributed by atoms with Crippen molar-refractivity contribution in [3.8, 4) is 0 Å². The number of hydrogen-bond acceptors (Lipinski definition) is 3. The second kappa shape index (κ2) is 7.57. The smallest absolute Gasteiger partial charge is 0.248 e. The zero-order chi connectivity index (χ0) is 20.5. The van der Waals surface area contributed by atoms with Gasteiger partial charge >= 0.3 is 0 Å². The number of carbonyl (C=O) groups excluding carboxylic acids is 1. The van der Waals surface area contributed by atoms with Gasteiger partial charge in [-0.15, -0.1) is 0 Å². The molecule has 1 heterocycles. The number of rotatable bonds is 3.